The number of cyclic esters (lactones) is 1. The molecular weight excluding hydrogens is 260 g/mol. The predicted octanol–water partition coefficient (Wildman–Crippen LogP) is 2.41. The van der Waals surface area contributed by atoms with Crippen LogP contribution in [-0.2, 0) is 10.3 Å². The molecule has 0 spiro atoms. The quantitative estimate of drug-likeness (QED) is 0.854. The van der Waals surface area contributed by atoms with E-state index in [-0.39, 0.29) is 24.8 Å². The average Bonchev–Trinajstić information content (AvgIpc) is 2.77. The van der Waals surface area contributed by atoms with Gasteiger partial charge in [0, 0.05) is 12.1 Å². The van der Waals surface area contributed by atoms with Crippen LogP contribution in [0.4, 0.5) is 4.79 Å². The maximum Gasteiger partial charge on any atom is 0.419 e. The molecule has 0 bridgehead atoms. The Hall–Kier alpha value is -1.72. The highest BCUT2D eigenvalue weighted by molar-refractivity contribution is 5.71. The van der Waals surface area contributed by atoms with Crippen molar-refractivity contribution in [2.75, 3.05) is 6.61 Å². The van der Waals surface area contributed by atoms with Gasteiger partial charge in [-0.2, -0.15) is 0 Å². The average molecular weight is 282 g/mol. The van der Waals surface area contributed by atoms with Crippen molar-refractivity contribution >= 4 is 6.09 Å². The molecule has 2 heterocycles. The van der Waals surface area contributed by atoms with Crippen LogP contribution < -0.4 is 5.76 Å². The molecule has 0 N–H and O–H groups in total. The first-order valence-corrected chi connectivity index (χ1v) is 6.88. The van der Waals surface area contributed by atoms with E-state index >= 15 is 0 Å². The van der Waals surface area contributed by atoms with Crippen LogP contribution in [0.1, 0.15) is 52.1 Å². The highest BCUT2D eigenvalue weighted by Crippen LogP contribution is 2.37. The zero-order valence-electron chi connectivity index (χ0n) is 12.9. The maximum atomic E-state index is 12.0. The highest BCUT2D eigenvalue weighted by atomic mass is 16.6. The number of amides is 1. The van der Waals surface area contributed by atoms with Crippen molar-refractivity contribution in [3.05, 3.63) is 22.0 Å². The fraction of sp³-hybridized carbons (Fsp3) is 0.714. The Balaban J connectivity index is 2.58. The van der Waals surface area contributed by atoms with Crippen LogP contribution >= 0.6 is 0 Å². The third kappa shape index (κ3) is 1.94. The second kappa shape index (κ2) is 4.68. The summed E-state index contributed by atoms with van der Waals surface area (Å²) >= 11 is 0. The highest BCUT2D eigenvalue weighted by Gasteiger charge is 2.50. The Kier molecular flexibility index (Phi) is 3.44. The monoisotopic (exact) mass is 282 g/mol. The van der Waals surface area contributed by atoms with Crippen molar-refractivity contribution < 1.29 is 13.9 Å². The van der Waals surface area contributed by atoms with Gasteiger partial charge in [-0.05, 0) is 41.5 Å². The lowest BCUT2D eigenvalue weighted by molar-refractivity contribution is 0.120. The van der Waals surface area contributed by atoms with Gasteiger partial charge in [-0.3, -0.25) is 9.47 Å². The van der Waals surface area contributed by atoms with Gasteiger partial charge >= 0.3 is 11.8 Å². The minimum atomic E-state index is -0.741. The largest absolute Gasteiger partial charge is 0.446 e. The zero-order valence-corrected chi connectivity index (χ0v) is 12.9. The normalized spacial score (nSPS) is 23.0. The maximum absolute atomic E-state index is 12.0. The minimum absolute atomic E-state index is 0.00845. The van der Waals surface area contributed by atoms with Gasteiger partial charge in [-0.1, -0.05) is 0 Å². The van der Waals surface area contributed by atoms with Crippen molar-refractivity contribution in [3.63, 3.8) is 0 Å². The van der Waals surface area contributed by atoms with E-state index in [0.29, 0.717) is 5.76 Å². The van der Waals surface area contributed by atoms with Crippen molar-refractivity contribution in [2.24, 2.45) is 0 Å². The summed E-state index contributed by atoms with van der Waals surface area (Å²) in [4.78, 5) is 25.6. The summed E-state index contributed by atoms with van der Waals surface area (Å²) in [7, 11) is 0. The van der Waals surface area contributed by atoms with E-state index in [1.165, 1.54) is 0 Å². The SMILES string of the molecule is Cc1c(C2(C)COC(=O)N2C(C)C)oc(=O)n1C(C)C. The van der Waals surface area contributed by atoms with E-state index in [9.17, 15) is 9.59 Å². The third-order valence-electron chi connectivity index (χ3n) is 3.80. The molecule has 20 heavy (non-hydrogen) atoms. The van der Waals surface area contributed by atoms with E-state index in [1.54, 1.807) is 9.47 Å². The lowest BCUT2D eigenvalue weighted by Gasteiger charge is -2.33. The molecule has 1 aromatic rings. The summed E-state index contributed by atoms with van der Waals surface area (Å²) in [6.07, 6.45) is -0.373. The van der Waals surface area contributed by atoms with E-state index in [1.807, 2.05) is 41.5 Å². The fourth-order valence-corrected chi connectivity index (χ4v) is 3.05. The second-order valence-electron chi connectivity index (χ2n) is 6.04. The lowest BCUT2D eigenvalue weighted by atomic mass is 9.96. The molecule has 1 aromatic heterocycles. The second-order valence-corrected chi connectivity index (χ2v) is 6.04. The number of oxazole rings is 1. The molecule has 1 fully saturated rings. The first-order valence-electron chi connectivity index (χ1n) is 6.88. The standard InChI is InChI=1S/C14H22N2O4/c1-8(2)15-10(5)11(20-12(15)17)14(6)7-19-13(18)16(14)9(3)4/h8-9H,7H2,1-6H3. The Morgan fingerprint density at radius 3 is 2.20 bits per heavy atom. The Morgan fingerprint density at radius 2 is 1.75 bits per heavy atom. The smallest absolute Gasteiger partial charge is 0.419 e. The third-order valence-corrected chi connectivity index (χ3v) is 3.80. The molecule has 0 aromatic carbocycles. The first-order chi connectivity index (χ1) is 9.20. The number of hydrogen-bond donors (Lipinski definition) is 0. The molecule has 1 amide bonds. The summed E-state index contributed by atoms with van der Waals surface area (Å²) in [5, 5.41) is 0. The molecule has 6 nitrogen and oxygen atoms in total. The number of aromatic nitrogens is 1. The number of hydrogen-bond acceptors (Lipinski definition) is 4. The van der Waals surface area contributed by atoms with Crippen molar-refractivity contribution in [2.45, 2.75) is 59.2 Å². The number of carbonyl (C=O) groups is 1. The predicted molar refractivity (Wildman–Crippen MR) is 73.8 cm³/mol. The topological polar surface area (TPSA) is 64.7 Å². The molecule has 1 saturated heterocycles. The Morgan fingerprint density at radius 1 is 1.15 bits per heavy atom. The van der Waals surface area contributed by atoms with Crippen molar-refractivity contribution in [1.29, 1.82) is 0 Å². The van der Waals surface area contributed by atoms with Gasteiger partial charge in [0.15, 0.2) is 5.76 Å². The molecule has 6 heteroatoms. The van der Waals surface area contributed by atoms with E-state index in [4.69, 9.17) is 9.15 Å². The number of carbonyl (C=O) groups excluding carboxylic acids is 1. The van der Waals surface area contributed by atoms with Crippen LogP contribution in [0, 0.1) is 6.92 Å². The van der Waals surface area contributed by atoms with Gasteiger partial charge in [0.2, 0.25) is 0 Å². The number of rotatable bonds is 3. The van der Waals surface area contributed by atoms with Crippen LogP contribution in [0.5, 0.6) is 0 Å². The van der Waals surface area contributed by atoms with Gasteiger partial charge in [0.1, 0.15) is 12.1 Å². The van der Waals surface area contributed by atoms with Crippen LogP contribution in [0.2, 0.25) is 0 Å². The first kappa shape index (κ1) is 14.7. The molecule has 1 aliphatic rings. The summed E-state index contributed by atoms with van der Waals surface area (Å²) < 4.78 is 12.2. The van der Waals surface area contributed by atoms with Crippen molar-refractivity contribution in [1.82, 2.24) is 9.47 Å². The zero-order chi connectivity index (χ0) is 15.2. The molecule has 0 aliphatic carbocycles. The number of ether oxygens (including phenoxy) is 1. The van der Waals surface area contributed by atoms with Gasteiger partial charge in [0.25, 0.3) is 0 Å². The fourth-order valence-electron chi connectivity index (χ4n) is 3.05. The lowest BCUT2D eigenvalue weighted by Crippen LogP contribution is -2.46. The van der Waals surface area contributed by atoms with Gasteiger partial charge in [-0.25, -0.2) is 9.59 Å². The molecule has 1 atom stereocenters. The molecule has 0 radical (unpaired) electrons. The van der Waals surface area contributed by atoms with Gasteiger partial charge in [-0.15, -0.1) is 0 Å². The van der Waals surface area contributed by atoms with Crippen LogP contribution in [0.15, 0.2) is 9.21 Å². The Labute approximate surface area is 118 Å². The van der Waals surface area contributed by atoms with E-state index in [0.717, 1.165) is 5.69 Å². The van der Waals surface area contributed by atoms with E-state index < -0.39 is 11.3 Å². The molecule has 112 valence electrons. The van der Waals surface area contributed by atoms with Gasteiger partial charge < -0.3 is 9.15 Å². The van der Waals surface area contributed by atoms with Crippen LogP contribution in [0.3, 0.4) is 0 Å². The van der Waals surface area contributed by atoms with Gasteiger partial charge in [0.05, 0.1) is 5.69 Å². The molecule has 1 unspecified atom stereocenters. The number of nitrogens with zero attached hydrogens (tertiary/aromatic N) is 2. The van der Waals surface area contributed by atoms with Crippen molar-refractivity contribution in [3.8, 4) is 0 Å². The molecule has 2 rings (SSSR count). The van der Waals surface area contributed by atoms with E-state index in [2.05, 4.69) is 0 Å². The summed E-state index contributed by atoms with van der Waals surface area (Å²) in [6.45, 7) is 11.6. The molecular formula is C14H22N2O4. The summed E-state index contributed by atoms with van der Waals surface area (Å²) in [5.74, 6) is 0.118. The van der Waals surface area contributed by atoms with Crippen LogP contribution in [0.25, 0.3) is 0 Å². The molecule has 0 saturated carbocycles. The Bertz CT molecular complexity index is 584. The minimum Gasteiger partial charge on any atom is -0.446 e. The summed E-state index contributed by atoms with van der Waals surface area (Å²) in [5.41, 5.74) is 0.00528. The molecule has 1 aliphatic heterocycles. The summed E-state index contributed by atoms with van der Waals surface area (Å²) in [6, 6.07) is -0.0313. The van der Waals surface area contributed by atoms with Crippen LogP contribution in [-0.4, -0.2) is 28.2 Å².